The van der Waals surface area contributed by atoms with Crippen molar-refractivity contribution in [2.45, 2.75) is 6.92 Å². The van der Waals surface area contributed by atoms with Crippen molar-refractivity contribution in [2.75, 3.05) is 5.32 Å². The molecule has 1 amide bonds. The van der Waals surface area contributed by atoms with Gasteiger partial charge in [-0.3, -0.25) is 9.59 Å². The molecule has 3 aromatic carbocycles. The molecule has 0 spiro atoms. The van der Waals surface area contributed by atoms with E-state index in [-0.39, 0.29) is 11.5 Å². The number of para-hydroxylation sites is 3. The van der Waals surface area contributed by atoms with Crippen LogP contribution in [0.4, 0.5) is 5.69 Å². The van der Waals surface area contributed by atoms with Gasteiger partial charge in [0, 0.05) is 18.5 Å². The van der Waals surface area contributed by atoms with Gasteiger partial charge >= 0.3 is 0 Å². The molecule has 0 radical (unpaired) electrons. The maximum Gasteiger partial charge on any atom is 0.256 e. The van der Waals surface area contributed by atoms with Crippen LogP contribution >= 0.6 is 0 Å². The molecular formula is C24H20N2O3. The smallest absolute Gasteiger partial charge is 0.256 e. The Bertz CT molecular complexity index is 1260. The molecule has 0 aliphatic carbocycles. The number of rotatable bonds is 4. The lowest BCUT2D eigenvalue weighted by Crippen LogP contribution is -2.21. The zero-order chi connectivity index (χ0) is 20.4. The van der Waals surface area contributed by atoms with Gasteiger partial charge in [0.15, 0.2) is 5.75 Å². The quantitative estimate of drug-likeness (QED) is 0.545. The Balaban J connectivity index is 1.68. The molecule has 0 aliphatic heterocycles. The summed E-state index contributed by atoms with van der Waals surface area (Å²) in [5, 5.41) is 3.60. The number of aryl methyl sites for hydroxylation is 2. The first-order valence-electron chi connectivity index (χ1n) is 9.26. The molecular weight excluding hydrogens is 364 g/mol. The second kappa shape index (κ2) is 7.64. The Morgan fingerprint density at radius 1 is 0.931 bits per heavy atom. The molecule has 0 saturated carbocycles. The predicted molar refractivity (Wildman–Crippen MR) is 115 cm³/mol. The zero-order valence-electron chi connectivity index (χ0n) is 16.2. The third-order valence-corrected chi connectivity index (χ3v) is 4.78. The van der Waals surface area contributed by atoms with Crippen molar-refractivity contribution in [3.05, 3.63) is 100 Å². The van der Waals surface area contributed by atoms with Crippen LogP contribution in [0.3, 0.4) is 0 Å². The van der Waals surface area contributed by atoms with Crippen LogP contribution < -0.4 is 15.6 Å². The van der Waals surface area contributed by atoms with E-state index in [0.29, 0.717) is 33.7 Å². The van der Waals surface area contributed by atoms with Crippen LogP contribution in [0, 0.1) is 6.92 Å². The fourth-order valence-corrected chi connectivity index (χ4v) is 3.18. The summed E-state index contributed by atoms with van der Waals surface area (Å²) in [6.45, 7) is 2.01. The molecule has 0 atom stereocenters. The Labute approximate surface area is 168 Å². The van der Waals surface area contributed by atoms with Gasteiger partial charge in [0.1, 0.15) is 5.75 Å². The topological polar surface area (TPSA) is 60.3 Å². The molecule has 5 nitrogen and oxygen atoms in total. The van der Waals surface area contributed by atoms with Crippen molar-refractivity contribution in [1.82, 2.24) is 4.57 Å². The fraction of sp³-hybridized carbons (Fsp3) is 0.0833. The fourth-order valence-electron chi connectivity index (χ4n) is 3.18. The van der Waals surface area contributed by atoms with Gasteiger partial charge in [0.25, 0.3) is 11.5 Å². The minimum atomic E-state index is -0.362. The molecule has 0 bridgehead atoms. The maximum absolute atomic E-state index is 13.0. The summed E-state index contributed by atoms with van der Waals surface area (Å²) < 4.78 is 7.48. The molecule has 1 heterocycles. The molecule has 0 fully saturated rings. The largest absolute Gasteiger partial charge is 0.455 e. The number of nitrogens with zero attached hydrogens (tertiary/aromatic N) is 1. The highest BCUT2D eigenvalue weighted by atomic mass is 16.5. The maximum atomic E-state index is 13.0. The Morgan fingerprint density at radius 3 is 2.41 bits per heavy atom. The number of hydrogen-bond acceptors (Lipinski definition) is 3. The minimum Gasteiger partial charge on any atom is -0.455 e. The van der Waals surface area contributed by atoms with E-state index in [0.717, 1.165) is 5.56 Å². The van der Waals surface area contributed by atoms with Crippen molar-refractivity contribution in [3.63, 3.8) is 0 Å². The number of fused-ring (bicyclic) bond motifs is 1. The third kappa shape index (κ3) is 3.75. The summed E-state index contributed by atoms with van der Waals surface area (Å²) in [5.74, 6) is 0.841. The second-order valence-corrected chi connectivity index (χ2v) is 6.84. The highest BCUT2D eigenvalue weighted by molar-refractivity contribution is 6.12. The molecule has 144 valence electrons. The van der Waals surface area contributed by atoms with Crippen molar-refractivity contribution in [1.29, 1.82) is 0 Å². The highest BCUT2D eigenvalue weighted by Crippen LogP contribution is 2.30. The minimum absolute atomic E-state index is 0.238. The average Bonchev–Trinajstić information content (AvgIpc) is 2.73. The normalized spacial score (nSPS) is 10.7. The number of anilines is 1. The van der Waals surface area contributed by atoms with Gasteiger partial charge in [-0.25, -0.2) is 0 Å². The summed E-state index contributed by atoms with van der Waals surface area (Å²) in [5.41, 5.74) is 2.46. The van der Waals surface area contributed by atoms with Gasteiger partial charge in [-0.05, 0) is 37.3 Å². The van der Waals surface area contributed by atoms with Gasteiger partial charge in [0.05, 0.1) is 16.8 Å². The first kappa shape index (κ1) is 18.5. The van der Waals surface area contributed by atoms with E-state index in [1.165, 1.54) is 10.6 Å². The van der Waals surface area contributed by atoms with Crippen LogP contribution in [-0.4, -0.2) is 10.5 Å². The van der Waals surface area contributed by atoms with Gasteiger partial charge in [-0.2, -0.15) is 0 Å². The Hall–Kier alpha value is -3.86. The van der Waals surface area contributed by atoms with Crippen molar-refractivity contribution >= 4 is 22.5 Å². The van der Waals surface area contributed by atoms with E-state index in [2.05, 4.69) is 5.32 Å². The summed E-state index contributed by atoms with van der Waals surface area (Å²) in [4.78, 5) is 25.3. The van der Waals surface area contributed by atoms with Crippen molar-refractivity contribution in [3.8, 4) is 11.5 Å². The van der Waals surface area contributed by atoms with Crippen LogP contribution in [0.15, 0.2) is 83.7 Å². The molecule has 1 aromatic heterocycles. The molecule has 4 rings (SSSR count). The first-order valence-corrected chi connectivity index (χ1v) is 9.26. The van der Waals surface area contributed by atoms with E-state index in [1.54, 1.807) is 19.2 Å². The molecule has 1 N–H and O–H groups in total. The van der Waals surface area contributed by atoms with Crippen LogP contribution in [0.25, 0.3) is 10.9 Å². The van der Waals surface area contributed by atoms with Crippen molar-refractivity contribution in [2.24, 2.45) is 7.05 Å². The number of ether oxygens (including phenoxy) is 1. The number of carbonyl (C=O) groups excluding carboxylic acids is 1. The third-order valence-electron chi connectivity index (χ3n) is 4.78. The van der Waals surface area contributed by atoms with Crippen LogP contribution in [-0.2, 0) is 7.05 Å². The number of hydrogen-bond donors (Lipinski definition) is 1. The molecule has 4 aromatic rings. The standard InChI is InChI=1S/C24H20N2O3/c1-16-11-13-17(14-12-16)29-22-10-6-4-8-20(22)25-24(28)19-15-23(27)26(2)21-9-5-3-7-18(19)21/h3-15H,1-2H3,(H,25,28). The summed E-state index contributed by atoms with van der Waals surface area (Å²) in [6, 6.07) is 23.6. The number of nitrogens with one attached hydrogen (secondary N) is 1. The van der Waals surface area contributed by atoms with E-state index in [1.807, 2.05) is 67.6 Å². The summed E-state index contributed by atoms with van der Waals surface area (Å²) >= 11 is 0. The summed E-state index contributed by atoms with van der Waals surface area (Å²) in [7, 11) is 1.69. The molecule has 5 heteroatoms. The van der Waals surface area contributed by atoms with E-state index < -0.39 is 0 Å². The van der Waals surface area contributed by atoms with Crippen LogP contribution in [0.1, 0.15) is 15.9 Å². The van der Waals surface area contributed by atoms with E-state index in [4.69, 9.17) is 4.74 Å². The highest BCUT2D eigenvalue weighted by Gasteiger charge is 2.15. The van der Waals surface area contributed by atoms with Gasteiger partial charge < -0.3 is 14.6 Å². The van der Waals surface area contributed by atoms with Gasteiger partial charge in [-0.15, -0.1) is 0 Å². The lowest BCUT2D eigenvalue weighted by atomic mass is 10.1. The number of benzene rings is 3. The lowest BCUT2D eigenvalue weighted by molar-refractivity contribution is 0.102. The summed E-state index contributed by atoms with van der Waals surface area (Å²) in [6.07, 6.45) is 0. The molecule has 0 aliphatic rings. The number of aromatic nitrogens is 1. The number of carbonyl (C=O) groups is 1. The van der Waals surface area contributed by atoms with Crippen LogP contribution in [0.2, 0.25) is 0 Å². The Kier molecular flexibility index (Phi) is 4.87. The molecule has 0 saturated heterocycles. The van der Waals surface area contributed by atoms with E-state index >= 15 is 0 Å². The second-order valence-electron chi connectivity index (χ2n) is 6.84. The van der Waals surface area contributed by atoms with Crippen molar-refractivity contribution < 1.29 is 9.53 Å². The molecule has 29 heavy (non-hydrogen) atoms. The monoisotopic (exact) mass is 384 g/mol. The number of pyridine rings is 1. The van der Waals surface area contributed by atoms with Gasteiger partial charge in [0.2, 0.25) is 0 Å². The zero-order valence-corrected chi connectivity index (χ0v) is 16.2. The SMILES string of the molecule is Cc1ccc(Oc2ccccc2NC(=O)c2cc(=O)n(C)c3ccccc23)cc1. The molecule has 0 unspecified atom stereocenters. The van der Waals surface area contributed by atoms with Crippen LogP contribution in [0.5, 0.6) is 11.5 Å². The van der Waals surface area contributed by atoms with Gasteiger partial charge in [-0.1, -0.05) is 48.0 Å². The number of amides is 1. The lowest BCUT2D eigenvalue weighted by Gasteiger charge is -2.14. The predicted octanol–water partition coefficient (Wildman–Crippen LogP) is 4.89. The first-order chi connectivity index (χ1) is 14.0. The Morgan fingerprint density at radius 2 is 1.62 bits per heavy atom. The van der Waals surface area contributed by atoms with E-state index in [9.17, 15) is 9.59 Å². The average molecular weight is 384 g/mol.